The van der Waals surface area contributed by atoms with E-state index in [0.29, 0.717) is 25.0 Å². The van der Waals surface area contributed by atoms with E-state index in [0.717, 1.165) is 12.2 Å². The molecule has 37 heavy (non-hydrogen) atoms. The molecule has 0 unspecified atom stereocenters. The van der Waals surface area contributed by atoms with Gasteiger partial charge >= 0.3 is 0 Å². The van der Waals surface area contributed by atoms with Crippen LogP contribution in [0.2, 0.25) is 0 Å². The van der Waals surface area contributed by atoms with E-state index < -0.39 is 0 Å². The number of allylic oxidation sites excluding steroid dienone is 2. The Balaban J connectivity index is 1.63. The number of hydrogen-bond donors (Lipinski definition) is 0. The first-order valence-electron chi connectivity index (χ1n) is 12.3. The number of carbonyl (C=O) groups excluding carboxylic acids is 1. The Labute approximate surface area is 230 Å². The van der Waals surface area contributed by atoms with E-state index in [2.05, 4.69) is 74.2 Å². The molecule has 190 valence electrons. The molecule has 3 heterocycles. The highest BCUT2D eigenvalue weighted by Gasteiger charge is 2.39. The maximum Gasteiger partial charge on any atom is 0.269 e. The Morgan fingerprint density at radius 1 is 0.973 bits per heavy atom. The number of amides is 1. The van der Waals surface area contributed by atoms with Crippen molar-refractivity contribution < 1.29 is 4.79 Å². The van der Waals surface area contributed by atoms with Crippen molar-refractivity contribution in [3.63, 3.8) is 0 Å². The van der Waals surface area contributed by atoms with Crippen molar-refractivity contribution in [1.82, 2.24) is 9.47 Å². The minimum atomic E-state index is -0.239. The first-order valence-corrected chi connectivity index (χ1v) is 14.4. The zero-order chi connectivity index (χ0) is 26.5. The third kappa shape index (κ3) is 4.21. The number of anilines is 1. The summed E-state index contributed by atoms with van der Waals surface area (Å²) >= 11 is 7.93. The first-order chi connectivity index (χ1) is 17.7. The Hall–Kier alpha value is -2.94. The van der Waals surface area contributed by atoms with Crippen LogP contribution in [-0.4, -0.2) is 33.3 Å². The highest BCUT2D eigenvalue weighted by molar-refractivity contribution is 8.30. The van der Waals surface area contributed by atoms with Gasteiger partial charge in [-0.15, -0.1) is 11.3 Å². The fourth-order valence-corrected chi connectivity index (χ4v) is 7.48. The summed E-state index contributed by atoms with van der Waals surface area (Å²) in [5, 5.41) is 0. The van der Waals surface area contributed by atoms with E-state index in [-0.39, 0.29) is 16.9 Å². The highest BCUT2D eigenvalue weighted by Crippen LogP contribution is 2.48. The Bertz CT molecular complexity index is 1630. The number of rotatable bonds is 4. The van der Waals surface area contributed by atoms with Gasteiger partial charge in [0.15, 0.2) is 0 Å². The van der Waals surface area contributed by atoms with E-state index in [9.17, 15) is 9.59 Å². The molecule has 2 aliphatic rings. The molecule has 1 amide bonds. The number of aromatic nitrogens is 1. The molecular formula is C29H29N3O2S3. The van der Waals surface area contributed by atoms with Crippen LogP contribution in [0.1, 0.15) is 33.3 Å². The van der Waals surface area contributed by atoms with Crippen LogP contribution in [0, 0.1) is 0 Å². The highest BCUT2D eigenvalue weighted by atomic mass is 32.2. The van der Waals surface area contributed by atoms with Crippen LogP contribution >= 0.6 is 35.3 Å². The number of hydrogen-bond acceptors (Lipinski definition) is 6. The topological polar surface area (TPSA) is 45.5 Å². The number of thioether (sulfide) groups is 1. The number of benzene rings is 2. The van der Waals surface area contributed by atoms with Crippen molar-refractivity contribution in [3.8, 4) is 11.1 Å². The summed E-state index contributed by atoms with van der Waals surface area (Å²) in [7, 11) is 1.67. The number of likely N-dealkylation sites (N-methyl/N-ethyl adjacent to an activating group) is 1. The average molecular weight is 548 g/mol. The van der Waals surface area contributed by atoms with Gasteiger partial charge in [-0.25, -0.2) is 0 Å². The predicted molar refractivity (Wildman–Crippen MR) is 160 cm³/mol. The minimum Gasteiger partial charge on any atom is -0.344 e. The van der Waals surface area contributed by atoms with Gasteiger partial charge in [-0.3, -0.25) is 19.1 Å². The lowest BCUT2D eigenvalue weighted by atomic mass is 9.82. The van der Waals surface area contributed by atoms with Crippen molar-refractivity contribution in [3.05, 3.63) is 85.4 Å². The summed E-state index contributed by atoms with van der Waals surface area (Å²) in [5.41, 5.74) is 5.69. The van der Waals surface area contributed by atoms with Gasteiger partial charge in [0.05, 0.1) is 4.53 Å². The third-order valence-electron chi connectivity index (χ3n) is 7.09. The van der Waals surface area contributed by atoms with Gasteiger partial charge in [-0.2, -0.15) is 0 Å². The van der Waals surface area contributed by atoms with Crippen molar-refractivity contribution in [2.45, 2.75) is 39.7 Å². The molecule has 2 aromatic carbocycles. The number of fused-ring (bicyclic) bond motifs is 1. The lowest BCUT2D eigenvalue weighted by Gasteiger charge is -2.25. The van der Waals surface area contributed by atoms with Crippen molar-refractivity contribution in [1.29, 1.82) is 0 Å². The normalized spacial score (nSPS) is 19.9. The SMILES string of the molecule is CCN1/C(=C\C=c2/s/c(=C3\SC(=S)N(C)C3=O)n(CC)c2=O)C(C)(C)c2cc(-c3ccccc3)ccc21. The van der Waals surface area contributed by atoms with E-state index in [1.807, 2.05) is 19.1 Å². The van der Waals surface area contributed by atoms with Crippen LogP contribution in [0.15, 0.2) is 65.1 Å². The van der Waals surface area contributed by atoms with Gasteiger partial charge in [0.25, 0.3) is 11.5 Å². The molecule has 0 aliphatic carbocycles. The molecule has 1 fully saturated rings. The first kappa shape index (κ1) is 25.7. The Morgan fingerprint density at radius 2 is 1.70 bits per heavy atom. The molecule has 0 saturated carbocycles. The number of thiazole rings is 1. The van der Waals surface area contributed by atoms with Gasteiger partial charge in [0.1, 0.15) is 13.9 Å². The standard InChI is InChI=1S/C29H29N3O2S3/c1-6-31-21-14-13-19(18-11-9-8-10-12-18)17-20(21)29(3,4)23(31)16-15-22-25(33)32(7-2)27(36-22)24-26(34)30(5)28(35)37-24/h8-17H,6-7H2,1-5H3/b22-15-,23-16-,27-24-. The van der Waals surface area contributed by atoms with Crippen molar-refractivity contribution in [2.75, 3.05) is 18.5 Å². The molecule has 3 aromatic rings. The quantitative estimate of drug-likeness (QED) is 0.444. The summed E-state index contributed by atoms with van der Waals surface area (Å²) in [6.45, 7) is 9.86. The summed E-state index contributed by atoms with van der Waals surface area (Å²) in [5.74, 6) is -0.151. The fourth-order valence-electron chi connectivity index (χ4n) is 5.04. The van der Waals surface area contributed by atoms with Gasteiger partial charge < -0.3 is 4.90 Å². The van der Waals surface area contributed by atoms with Crippen molar-refractivity contribution >= 4 is 62.2 Å². The largest absolute Gasteiger partial charge is 0.344 e. The molecule has 0 radical (unpaired) electrons. The minimum absolute atomic E-state index is 0.0801. The molecule has 1 aromatic heterocycles. The maximum absolute atomic E-state index is 13.3. The summed E-state index contributed by atoms with van der Waals surface area (Å²) < 4.78 is 3.47. The lowest BCUT2D eigenvalue weighted by Crippen LogP contribution is -2.32. The second-order valence-electron chi connectivity index (χ2n) is 9.57. The monoisotopic (exact) mass is 547 g/mol. The third-order valence-corrected chi connectivity index (χ3v) is 9.91. The molecule has 1 saturated heterocycles. The van der Waals surface area contributed by atoms with Crippen LogP contribution in [0.4, 0.5) is 5.69 Å². The molecule has 0 bridgehead atoms. The Kier molecular flexibility index (Phi) is 6.77. The summed E-state index contributed by atoms with van der Waals surface area (Å²) in [4.78, 5) is 30.4. The van der Waals surface area contributed by atoms with Crippen LogP contribution in [0.25, 0.3) is 22.1 Å². The fraction of sp³-hybridized carbons (Fsp3) is 0.276. The zero-order valence-corrected chi connectivity index (χ0v) is 24.0. The summed E-state index contributed by atoms with van der Waals surface area (Å²) in [6.07, 6.45) is 3.99. The molecule has 0 spiro atoms. The molecule has 0 atom stereocenters. The predicted octanol–water partition coefficient (Wildman–Crippen LogP) is 4.68. The molecule has 2 aliphatic heterocycles. The Morgan fingerprint density at radius 3 is 2.32 bits per heavy atom. The van der Waals surface area contributed by atoms with E-state index in [1.54, 1.807) is 11.6 Å². The smallest absolute Gasteiger partial charge is 0.269 e. The van der Waals surface area contributed by atoms with Gasteiger partial charge in [-0.05, 0) is 54.8 Å². The van der Waals surface area contributed by atoms with Crippen LogP contribution in [0.3, 0.4) is 0 Å². The molecule has 8 heteroatoms. The van der Waals surface area contributed by atoms with E-state index >= 15 is 0 Å². The van der Waals surface area contributed by atoms with Gasteiger partial charge in [0, 0.05) is 36.9 Å². The lowest BCUT2D eigenvalue weighted by molar-refractivity contribution is -0.119. The number of carbonyl (C=O) groups is 1. The van der Waals surface area contributed by atoms with Gasteiger partial charge in [0.2, 0.25) is 0 Å². The average Bonchev–Trinajstić information content (AvgIpc) is 3.44. The van der Waals surface area contributed by atoms with Crippen LogP contribution in [0.5, 0.6) is 0 Å². The number of nitrogens with zero attached hydrogens (tertiary/aromatic N) is 3. The molecule has 5 rings (SSSR count). The second kappa shape index (κ2) is 9.74. The zero-order valence-electron chi connectivity index (χ0n) is 21.6. The maximum atomic E-state index is 13.3. The second-order valence-corrected chi connectivity index (χ2v) is 12.2. The van der Waals surface area contributed by atoms with E-state index in [4.69, 9.17) is 12.2 Å². The van der Waals surface area contributed by atoms with Gasteiger partial charge in [-0.1, -0.05) is 74.2 Å². The summed E-state index contributed by atoms with van der Waals surface area (Å²) in [6, 6.07) is 17.1. The van der Waals surface area contributed by atoms with Crippen LogP contribution < -0.4 is 19.7 Å². The number of thiocarbonyl (C=S) groups is 1. The molecule has 0 N–H and O–H groups in total. The molecule has 5 nitrogen and oxygen atoms in total. The van der Waals surface area contributed by atoms with Crippen molar-refractivity contribution in [2.24, 2.45) is 0 Å². The van der Waals surface area contributed by atoms with Crippen LogP contribution in [-0.2, 0) is 16.8 Å². The molecular weight excluding hydrogens is 519 g/mol. The van der Waals surface area contributed by atoms with E-state index in [1.165, 1.54) is 50.4 Å².